The number of methoxy groups -OCH3 is 2. The summed E-state index contributed by atoms with van der Waals surface area (Å²) in [6, 6.07) is 19.6. The summed E-state index contributed by atoms with van der Waals surface area (Å²) in [6.07, 6.45) is 5.48. The quantitative estimate of drug-likeness (QED) is 0.407. The van der Waals surface area contributed by atoms with Crippen LogP contribution in [0.4, 0.5) is 5.69 Å². The first-order chi connectivity index (χ1) is 17.6. The minimum atomic E-state index is -0.231. The Hall–Kier alpha value is -4.00. The van der Waals surface area contributed by atoms with Gasteiger partial charge in [-0.25, -0.2) is 0 Å². The molecule has 0 radical (unpaired) electrons. The molecule has 0 bridgehead atoms. The van der Waals surface area contributed by atoms with Crippen molar-refractivity contribution in [2.45, 2.75) is 38.2 Å². The van der Waals surface area contributed by atoms with E-state index in [1.54, 1.807) is 62.8 Å². The third-order valence-electron chi connectivity index (χ3n) is 6.28. The largest absolute Gasteiger partial charge is 0.497 e. The number of benzene rings is 3. The number of nitrogens with one attached hydrogen (secondary N) is 2. The third-order valence-corrected chi connectivity index (χ3v) is 6.28. The van der Waals surface area contributed by atoms with Crippen molar-refractivity contribution in [3.63, 3.8) is 0 Å². The minimum absolute atomic E-state index is 0.168. The van der Waals surface area contributed by atoms with Crippen LogP contribution in [0.5, 0.6) is 17.2 Å². The molecule has 1 aliphatic carbocycles. The van der Waals surface area contributed by atoms with Gasteiger partial charge in [0.25, 0.3) is 11.8 Å². The van der Waals surface area contributed by atoms with Gasteiger partial charge < -0.3 is 24.8 Å². The number of carbonyl (C=O) groups excluding carboxylic acids is 2. The van der Waals surface area contributed by atoms with E-state index in [2.05, 4.69) is 10.6 Å². The normalized spacial score (nSPS) is 13.2. The molecule has 2 N–H and O–H groups in total. The van der Waals surface area contributed by atoms with E-state index in [9.17, 15) is 9.59 Å². The van der Waals surface area contributed by atoms with Gasteiger partial charge in [0, 0.05) is 23.4 Å². The zero-order valence-electron chi connectivity index (χ0n) is 20.7. The smallest absolute Gasteiger partial charge is 0.255 e. The highest BCUT2D eigenvalue weighted by Crippen LogP contribution is 2.32. The molecular formula is C29H32N2O5. The molecule has 7 nitrogen and oxygen atoms in total. The van der Waals surface area contributed by atoms with Gasteiger partial charge in [-0.1, -0.05) is 6.07 Å². The van der Waals surface area contributed by atoms with Crippen molar-refractivity contribution in [3.05, 3.63) is 83.4 Å². The maximum atomic E-state index is 12.6. The van der Waals surface area contributed by atoms with Gasteiger partial charge in [-0.2, -0.15) is 0 Å². The van der Waals surface area contributed by atoms with Crippen LogP contribution in [0.15, 0.2) is 66.7 Å². The number of amides is 2. The number of hydrogen-bond donors (Lipinski definition) is 2. The van der Waals surface area contributed by atoms with E-state index >= 15 is 0 Å². The van der Waals surface area contributed by atoms with E-state index in [1.807, 2.05) is 18.2 Å². The molecule has 3 aromatic carbocycles. The summed E-state index contributed by atoms with van der Waals surface area (Å²) >= 11 is 0. The van der Waals surface area contributed by atoms with Gasteiger partial charge in [0.15, 0.2) is 11.5 Å². The fourth-order valence-corrected chi connectivity index (χ4v) is 4.23. The van der Waals surface area contributed by atoms with E-state index in [0.717, 1.165) is 29.9 Å². The zero-order chi connectivity index (χ0) is 25.3. The summed E-state index contributed by atoms with van der Waals surface area (Å²) in [7, 11) is 3.22. The number of anilines is 1. The molecule has 0 heterocycles. The highest BCUT2D eigenvalue weighted by atomic mass is 16.5. The zero-order valence-corrected chi connectivity index (χ0v) is 20.7. The Morgan fingerprint density at radius 1 is 0.806 bits per heavy atom. The van der Waals surface area contributed by atoms with Crippen LogP contribution in [0, 0.1) is 0 Å². The topological polar surface area (TPSA) is 85.9 Å². The first-order valence-electron chi connectivity index (χ1n) is 12.2. The van der Waals surface area contributed by atoms with Gasteiger partial charge >= 0.3 is 0 Å². The van der Waals surface area contributed by atoms with Crippen LogP contribution in [0.2, 0.25) is 0 Å². The van der Waals surface area contributed by atoms with Crippen LogP contribution in [-0.4, -0.2) is 38.7 Å². The molecule has 1 saturated carbocycles. The molecule has 0 aliphatic heterocycles. The second-order valence-corrected chi connectivity index (χ2v) is 8.78. The van der Waals surface area contributed by atoms with E-state index in [4.69, 9.17) is 14.2 Å². The number of ether oxygens (including phenoxy) is 3. The average Bonchev–Trinajstić information content (AvgIpc) is 3.42. The number of rotatable bonds is 10. The molecular weight excluding hydrogens is 456 g/mol. The molecule has 4 rings (SSSR count). The lowest BCUT2D eigenvalue weighted by Gasteiger charge is -2.17. The lowest BCUT2D eigenvalue weighted by Crippen LogP contribution is -2.25. The van der Waals surface area contributed by atoms with Crippen molar-refractivity contribution < 1.29 is 23.8 Å². The van der Waals surface area contributed by atoms with E-state index in [-0.39, 0.29) is 17.9 Å². The van der Waals surface area contributed by atoms with Crippen molar-refractivity contribution in [2.24, 2.45) is 0 Å². The molecule has 1 fully saturated rings. The second-order valence-electron chi connectivity index (χ2n) is 8.78. The van der Waals surface area contributed by atoms with Crippen LogP contribution in [0.3, 0.4) is 0 Å². The Kier molecular flexibility index (Phi) is 8.44. The highest BCUT2D eigenvalue weighted by Gasteiger charge is 2.18. The first kappa shape index (κ1) is 25.1. The predicted molar refractivity (Wildman–Crippen MR) is 139 cm³/mol. The first-order valence-corrected chi connectivity index (χ1v) is 12.2. The summed E-state index contributed by atoms with van der Waals surface area (Å²) in [5, 5.41) is 5.79. The lowest BCUT2D eigenvalue weighted by atomic mass is 10.1. The summed E-state index contributed by atoms with van der Waals surface area (Å²) in [4.78, 5) is 25.0. The molecule has 0 atom stereocenters. The Morgan fingerprint density at radius 3 is 2.14 bits per heavy atom. The van der Waals surface area contributed by atoms with Gasteiger partial charge in [0.2, 0.25) is 0 Å². The van der Waals surface area contributed by atoms with Gasteiger partial charge in [-0.15, -0.1) is 0 Å². The maximum Gasteiger partial charge on any atom is 0.255 e. The second kappa shape index (κ2) is 12.1. The Bertz CT molecular complexity index is 1170. The average molecular weight is 489 g/mol. The van der Waals surface area contributed by atoms with Crippen molar-refractivity contribution in [2.75, 3.05) is 26.1 Å². The molecule has 3 aromatic rings. The summed E-state index contributed by atoms with van der Waals surface area (Å²) < 4.78 is 16.7. The van der Waals surface area contributed by atoms with Crippen molar-refractivity contribution >= 4 is 17.5 Å². The number of hydrogen-bond acceptors (Lipinski definition) is 5. The standard InChI is InChI=1S/C29H32N2O5/c1-34-24-14-10-22(11-15-24)29(33)31-23-12-8-21(9-13-23)28(32)30-18-17-20-7-16-26(35-2)27(19-20)36-25-5-3-4-6-25/h7-16,19,25H,3-6,17-18H2,1-2H3,(H,30,32)(H,31,33). The minimum Gasteiger partial charge on any atom is -0.497 e. The SMILES string of the molecule is COc1ccc(C(=O)Nc2ccc(C(=O)NCCc3ccc(OC)c(OC4CCCC4)c3)cc2)cc1. The molecule has 0 saturated heterocycles. The third kappa shape index (κ3) is 6.56. The molecule has 0 unspecified atom stereocenters. The van der Waals surface area contributed by atoms with Crippen LogP contribution in [-0.2, 0) is 6.42 Å². The monoisotopic (exact) mass is 488 g/mol. The molecule has 0 aromatic heterocycles. The molecule has 0 spiro atoms. The Morgan fingerprint density at radius 2 is 1.47 bits per heavy atom. The van der Waals surface area contributed by atoms with E-state index in [0.29, 0.717) is 35.5 Å². The van der Waals surface area contributed by atoms with Gasteiger partial charge in [0.05, 0.1) is 20.3 Å². The Balaban J connectivity index is 1.28. The molecule has 1 aliphatic rings. The van der Waals surface area contributed by atoms with Crippen molar-refractivity contribution in [3.8, 4) is 17.2 Å². The van der Waals surface area contributed by atoms with Crippen molar-refractivity contribution in [1.82, 2.24) is 5.32 Å². The fraction of sp³-hybridized carbons (Fsp3) is 0.310. The van der Waals surface area contributed by atoms with E-state index < -0.39 is 0 Å². The number of carbonyl (C=O) groups is 2. The van der Waals surface area contributed by atoms with Gasteiger partial charge in [-0.3, -0.25) is 9.59 Å². The van der Waals surface area contributed by atoms with Crippen LogP contribution >= 0.6 is 0 Å². The summed E-state index contributed by atoms with van der Waals surface area (Å²) in [5.74, 6) is 1.78. The summed E-state index contributed by atoms with van der Waals surface area (Å²) in [6.45, 7) is 0.490. The summed E-state index contributed by atoms with van der Waals surface area (Å²) in [5.41, 5.74) is 2.73. The highest BCUT2D eigenvalue weighted by molar-refractivity contribution is 6.04. The van der Waals surface area contributed by atoms with Crippen molar-refractivity contribution in [1.29, 1.82) is 0 Å². The van der Waals surface area contributed by atoms with Crippen LogP contribution in [0.1, 0.15) is 52.0 Å². The van der Waals surface area contributed by atoms with Crippen LogP contribution in [0.25, 0.3) is 0 Å². The van der Waals surface area contributed by atoms with Crippen LogP contribution < -0.4 is 24.8 Å². The molecule has 7 heteroatoms. The molecule has 188 valence electrons. The van der Waals surface area contributed by atoms with Gasteiger partial charge in [0.1, 0.15) is 5.75 Å². The van der Waals surface area contributed by atoms with E-state index in [1.165, 1.54) is 12.8 Å². The maximum absolute atomic E-state index is 12.6. The predicted octanol–water partition coefficient (Wildman–Crippen LogP) is 5.25. The molecule has 36 heavy (non-hydrogen) atoms. The fourth-order valence-electron chi connectivity index (χ4n) is 4.23. The molecule has 2 amide bonds. The van der Waals surface area contributed by atoms with Gasteiger partial charge in [-0.05, 0) is 98.3 Å². The lowest BCUT2D eigenvalue weighted by molar-refractivity contribution is 0.0953. The Labute approximate surface area is 211 Å².